The van der Waals surface area contributed by atoms with E-state index in [0.717, 1.165) is 18.0 Å². The molecule has 1 heterocycles. The highest BCUT2D eigenvalue weighted by Crippen LogP contribution is 2.46. The molecule has 0 spiro atoms. The first-order valence-corrected chi connectivity index (χ1v) is 5.80. The molecule has 1 aromatic rings. The number of halogens is 1. The Morgan fingerprint density at radius 1 is 1.33 bits per heavy atom. The molecule has 2 fully saturated rings. The van der Waals surface area contributed by atoms with Gasteiger partial charge in [0.15, 0.2) is 0 Å². The lowest BCUT2D eigenvalue weighted by atomic mass is 9.84. The molecule has 1 nitrogen and oxygen atoms in total. The highest BCUT2D eigenvalue weighted by molar-refractivity contribution is 5.27. The van der Waals surface area contributed by atoms with Gasteiger partial charge in [0.05, 0.1) is 0 Å². The second-order valence-corrected chi connectivity index (χ2v) is 4.92. The molecule has 1 saturated heterocycles. The van der Waals surface area contributed by atoms with Crippen LogP contribution >= 0.6 is 0 Å². The maximum Gasteiger partial charge on any atom is 0.123 e. The van der Waals surface area contributed by atoms with Crippen molar-refractivity contribution in [2.45, 2.75) is 31.2 Å². The van der Waals surface area contributed by atoms with E-state index in [-0.39, 0.29) is 11.4 Å². The summed E-state index contributed by atoms with van der Waals surface area (Å²) >= 11 is 0. The van der Waals surface area contributed by atoms with Crippen LogP contribution in [0.3, 0.4) is 0 Å². The van der Waals surface area contributed by atoms with Crippen molar-refractivity contribution in [3.8, 4) is 0 Å². The van der Waals surface area contributed by atoms with E-state index in [9.17, 15) is 4.39 Å². The Morgan fingerprint density at radius 3 is 3.13 bits per heavy atom. The second kappa shape index (κ2) is 3.31. The smallest absolute Gasteiger partial charge is 0.123 e. The van der Waals surface area contributed by atoms with Gasteiger partial charge in [-0.1, -0.05) is 12.1 Å². The van der Waals surface area contributed by atoms with Gasteiger partial charge in [0.1, 0.15) is 5.82 Å². The average Bonchev–Trinajstić information content (AvgIpc) is 2.56. The lowest BCUT2D eigenvalue weighted by molar-refractivity contribution is 0.274. The molecule has 1 N–H and O–H groups in total. The molecular formula is C13H16FN. The monoisotopic (exact) mass is 205 g/mol. The first-order valence-electron chi connectivity index (χ1n) is 5.80. The molecule has 1 saturated carbocycles. The van der Waals surface area contributed by atoms with Crippen molar-refractivity contribution in [3.63, 3.8) is 0 Å². The van der Waals surface area contributed by atoms with E-state index >= 15 is 0 Å². The molecule has 2 unspecified atom stereocenters. The molecule has 1 aromatic carbocycles. The zero-order valence-corrected chi connectivity index (χ0v) is 8.80. The highest BCUT2D eigenvalue weighted by Gasteiger charge is 2.42. The summed E-state index contributed by atoms with van der Waals surface area (Å²) in [6.45, 7) is 1.08. The highest BCUT2D eigenvalue weighted by atomic mass is 19.1. The maximum absolute atomic E-state index is 13.2. The fourth-order valence-electron chi connectivity index (χ4n) is 3.22. The van der Waals surface area contributed by atoms with E-state index in [2.05, 4.69) is 11.4 Å². The van der Waals surface area contributed by atoms with Crippen LogP contribution in [0.2, 0.25) is 0 Å². The number of hydrogen-bond acceptors (Lipinski definition) is 1. The van der Waals surface area contributed by atoms with Gasteiger partial charge in [-0.25, -0.2) is 4.39 Å². The van der Waals surface area contributed by atoms with Gasteiger partial charge in [0.25, 0.3) is 0 Å². The molecule has 80 valence electrons. The van der Waals surface area contributed by atoms with Gasteiger partial charge in [0.2, 0.25) is 0 Å². The Bertz CT molecular complexity index is 373. The van der Waals surface area contributed by atoms with Gasteiger partial charge in [-0.15, -0.1) is 0 Å². The van der Waals surface area contributed by atoms with E-state index < -0.39 is 0 Å². The van der Waals surface area contributed by atoms with Crippen LogP contribution in [0.1, 0.15) is 31.2 Å². The Morgan fingerprint density at radius 2 is 2.27 bits per heavy atom. The van der Waals surface area contributed by atoms with Gasteiger partial charge >= 0.3 is 0 Å². The Balaban J connectivity index is 1.98. The van der Waals surface area contributed by atoms with E-state index in [1.54, 1.807) is 6.07 Å². The molecule has 0 aromatic heterocycles. The van der Waals surface area contributed by atoms with Crippen molar-refractivity contribution in [1.29, 1.82) is 0 Å². The quantitative estimate of drug-likeness (QED) is 0.743. The predicted molar refractivity (Wildman–Crippen MR) is 58.0 cm³/mol. The summed E-state index contributed by atoms with van der Waals surface area (Å²) in [4.78, 5) is 0. The molecular weight excluding hydrogens is 189 g/mol. The van der Waals surface area contributed by atoms with Gasteiger partial charge in [-0.2, -0.15) is 0 Å². The molecule has 2 aliphatic rings. The van der Waals surface area contributed by atoms with Crippen LogP contribution < -0.4 is 5.32 Å². The summed E-state index contributed by atoms with van der Waals surface area (Å²) in [7, 11) is 0. The number of fused-ring (bicyclic) bond motifs is 2. The van der Waals surface area contributed by atoms with Crippen molar-refractivity contribution in [2.24, 2.45) is 5.92 Å². The third-order valence-corrected chi connectivity index (χ3v) is 4.01. The summed E-state index contributed by atoms with van der Waals surface area (Å²) in [6, 6.07) is 7.10. The number of nitrogens with one attached hydrogen (secondary N) is 1. The van der Waals surface area contributed by atoms with Gasteiger partial charge in [0, 0.05) is 5.54 Å². The van der Waals surface area contributed by atoms with E-state index in [0.29, 0.717) is 0 Å². The number of hydrogen-bond donors (Lipinski definition) is 1. The Hall–Kier alpha value is -0.890. The molecule has 1 aliphatic heterocycles. The van der Waals surface area contributed by atoms with Crippen molar-refractivity contribution < 1.29 is 4.39 Å². The molecule has 2 bridgehead atoms. The molecule has 15 heavy (non-hydrogen) atoms. The summed E-state index contributed by atoms with van der Waals surface area (Å²) in [6.07, 6.45) is 4.94. The van der Waals surface area contributed by atoms with Crippen LogP contribution in [0.15, 0.2) is 24.3 Å². The summed E-state index contributed by atoms with van der Waals surface area (Å²) in [5.41, 5.74) is 1.23. The molecule has 1 aliphatic carbocycles. The maximum atomic E-state index is 13.2. The largest absolute Gasteiger partial charge is 0.307 e. The number of benzene rings is 1. The first kappa shape index (κ1) is 9.34. The van der Waals surface area contributed by atoms with E-state index in [1.807, 2.05) is 6.07 Å². The third kappa shape index (κ3) is 1.48. The average molecular weight is 205 g/mol. The first-order chi connectivity index (χ1) is 7.28. The van der Waals surface area contributed by atoms with Crippen molar-refractivity contribution in [1.82, 2.24) is 5.32 Å². The minimum absolute atomic E-state index is 0.0883. The molecule has 2 atom stereocenters. The van der Waals surface area contributed by atoms with Gasteiger partial charge in [-0.05, 0) is 55.8 Å². The van der Waals surface area contributed by atoms with E-state index in [4.69, 9.17) is 0 Å². The SMILES string of the molecule is Fc1cccc(C23CCC(CCN2)C3)c1. The van der Waals surface area contributed by atoms with Crippen LogP contribution in [0.5, 0.6) is 0 Å². The summed E-state index contributed by atoms with van der Waals surface area (Å²) in [5.74, 6) is 0.743. The summed E-state index contributed by atoms with van der Waals surface area (Å²) < 4.78 is 13.2. The van der Waals surface area contributed by atoms with Crippen LogP contribution in [-0.2, 0) is 5.54 Å². The minimum atomic E-state index is -0.113. The second-order valence-electron chi connectivity index (χ2n) is 4.92. The molecule has 0 radical (unpaired) electrons. The Labute approximate surface area is 89.7 Å². The summed E-state index contributed by atoms with van der Waals surface area (Å²) in [5, 5.41) is 3.60. The van der Waals surface area contributed by atoms with Crippen LogP contribution in [-0.4, -0.2) is 6.54 Å². The van der Waals surface area contributed by atoms with Crippen LogP contribution in [0, 0.1) is 11.7 Å². The normalized spacial score (nSPS) is 34.3. The zero-order chi connectivity index (χ0) is 10.3. The van der Waals surface area contributed by atoms with Crippen molar-refractivity contribution >= 4 is 0 Å². The minimum Gasteiger partial charge on any atom is -0.307 e. The van der Waals surface area contributed by atoms with Crippen molar-refractivity contribution in [2.75, 3.05) is 6.54 Å². The molecule has 2 heteroatoms. The third-order valence-electron chi connectivity index (χ3n) is 4.01. The van der Waals surface area contributed by atoms with E-state index in [1.165, 1.54) is 31.7 Å². The fraction of sp³-hybridized carbons (Fsp3) is 0.538. The van der Waals surface area contributed by atoms with Gasteiger partial charge < -0.3 is 5.32 Å². The van der Waals surface area contributed by atoms with Gasteiger partial charge in [-0.3, -0.25) is 0 Å². The molecule has 0 amide bonds. The lowest BCUT2D eigenvalue weighted by Crippen LogP contribution is -2.43. The Kier molecular flexibility index (Phi) is 2.06. The van der Waals surface area contributed by atoms with Crippen LogP contribution in [0.25, 0.3) is 0 Å². The lowest BCUT2D eigenvalue weighted by Gasteiger charge is -2.35. The fourth-order valence-corrected chi connectivity index (χ4v) is 3.22. The number of piperidine rings is 1. The zero-order valence-electron chi connectivity index (χ0n) is 8.80. The topological polar surface area (TPSA) is 12.0 Å². The number of rotatable bonds is 1. The predicted octanol–water partition coefficient (Wildman–Crippen LogP) is 2.81. The van der Waals surface area contributed by atoms with Crippen molar-refractivity contribution in [3.05, 3.63) is 35.6 Å². The van der Waals surface area contributed by atoms with Crippen LogP contribution in [0.4, 0.5) is 4.39 Å². The standard InChI is InChI=1S/C13H16FN/c14-12-3-1-2-11(8-12)13-6-4-10(9-13)5-7-15-13/h1-3,8,10,15H,4-7,9H2. The molecule has 3 rings (SSSR count).